The Labute approximate surface area is 207 Å². The fourth-order valence-electron chi connectivity index (χ4n) is 4.61. The van der Waals surface area contributed by atoms with E-state index in [2.05, 4.69) is 44.8 Å². The molecule has 5 rings (SSSR count). The van der Waals surface area contributed by atoms with Gasteiger partial charge in [-0.1, -0.05) is 23.4 Å². The Balaban J connectivity index is 1.36. The van der Waals surface area contributed by atoms with Gasteiger partial charge in [-0.15, -0.1) is 16.9 Å². The number of benzene rings is 2. The lowest BCUT2D eigenvalue weighted by molar-refractivity contribution is -0.120. The second kappa shape index (κ2) is 10.2. The smallest absolute Gasteiger partial charge is 0.360 e. The highest BCUT2D eigenvalue weighted by molar-refractivity contribution is 7.98. The molecule has 0 spiro atoms. The van der Waals surface area contributed by atoms with Gasteiger partial charge < -0.3 is 14.8 Å². The van der Waals surface area contributed by atoms with Crippen molar-refractivity contribution in [2.24, 2.45) is 0 Å². The van der Waals surface area contributed by atoms with Gasteiger partial charge in [0.25, 0.3) is 0 Å². The second-order valence-corrected chi connectivity index (χ2v) is 9.60. The molecule has 2 atom stereocenters. The maximum absolute atomic E-state index is 13.4. The van der Waals surface area contributed by atoms with E-state index in [4.69, 9.17) is 9.47 Å². The number of fused-ring (bicyclic) bond motifs is 1. The molecule has 1 amide bonds. The molecule has 0 radical (unpaired) electrons. The van der Waals surface area contributed by atoms with E-state index >= 15 is 0 Å². The fourth-order valence-corrected chi connectivity index (χ4v) is 5.02. The third-order valence-corrected chi connectivity index (χ3v) is 7.24. The molecule has 9 nitrogen and oxygen atoms in total. The number of carbonyl (C=O) groups is 2. The number of esters is 1. The van der Waals surface area contributed by atoms with E-state index in [0.717, 1.165) is 22.4 Å². The van der Waals surface area contributed by atoms with Crippen LogP contribution in [-0.4, -0.2) is 57.7 Å². The maximum atomic E-state index is 13.4. The van der Waals surface area contributed by atoms with Crippen molar-refractivity contribution < 1.29 is 19.1 Å². The van der Waals surface area contributed by atoms with Crippen molar-refractivity contribution in [1.29, 1.82) is 0 Å². The Morgan fingerprint density at radius 3 is 2.74 bits per heavy atom. The molecule has 0 saturated carbocycles. The monoisotopic (exact) mass is 493 g/mol. The van der Waals surface area contributed by atoms with Gasteiger partial charge in [-0.25, -0.2) is 9.48 Å². The van der Waals surface area contributed by atoms with Gasteiger partial charge >= 0.3 is 5.97 Å². The minimum atomic E-state index is -0.533. The number of rotatable bonds is 7. The van der Waals surface area contributed by atoms with Crippen molar-refractivity contribution in [3.63, 3.8) is 0 Å². The van der Waals surface area contributed by atoms with E-state index in [1.54, 1.807) is 22.6 Å². The summed E-state index contributed by atoms with van der Waals surface area (Å²) in [5, 5.41) is 11.2. The summed E-state index contributed by atoms with van der Waals surface area (Å²) in [6, 6.07) is 13.8. The van der Waals surface area contributed by atoms with Crippen LogP contribution in [0.5, 0.6) is 0 Å². The molecule has 0 unspecified atom stereocenters. The van der Waals surface area contributed by atoms with Crippen LogP contribution in [0.2, 0.25) is 0 Å². The summed E-state index contributed by atoms with van der Waals surface area (Å²) >= 11 is 1.70. The highest BCUT2D eigenvalue weighted by Gasteiger charge is 2.38. The topological polar surface area (TPSA) is 98.6 Å². The van der Waals surface area contributed by atoms with Crippen molar-refractivity contribution in [2.45, 2.75) is 43.2 Å². The van der Waals surface area contributed by atoms with Crippen LogP contribution in [0.25, 0.3) is 0 Å². The highest BCUT2D eigenvalue weighted by atomic mass is 32.2. The van der Waals surface area contributed by atoms with Crippen LogP contribution in [0.15, 0.2) is 53.6 Å². The Hall–Kier alpha value is -3.21. The number of nitrogens with one attached hydrogen (secondary N) is 1. The molecule has 3 heterocycles. The number of ether oxygens (including phenoxy) is 2. The molecule has 35 heavy (non-hydrogen) atoms. The zero-order chi connectivity index (χ0) is 24.4. The predicted molar refractivity (Wildman–Crippen MR) is 131 cm³/mol. The van der Waals surface area contributed by atoms with Gasteiger partial charge in [-0.05, 0) is 53.6 Å². The molecule has 1 N–H and O–H groups in total. The molecule has 182 valence electrons. The molecule has 2 aliphatic rings. The number of carbonyl (C=O) groups excluding carboxylic acids is 2. The minimum Gasteiger partial charge on any atom is -0.464 e. The number of aromatic nitrogens is 3. The van der Waals surface area contributed by atoms with Crippen LogP contribution < -0.4 is 5.32 Å². The number of anilines is 1. The Kier molecular flexibility index (Phi) is 6.85. The number of methoxy groups -OCH3 is 1. The van der Waals surface area contributed by atoms with Crippen molar-refractivity contribution in [1.82, 2.24) is 19.9 Å². The van der Waals surface area contributed by atoms with Crippen LogP contribution in [0.3, 0.4) is 0 Å². The predicted octanol–water partition coefficient (Wildman–Crippen LogP) is 3.27. The van der Waals surface area contributed by atoms with Crippen LogP contribution in [-0.2, 0) is 34.0 Å². The molecule has 1 fully saturated rings. The Morgan fingerprint density at radius 1 is 1.17 bits per heavy atom. The molecular weight excluding hydrogens is 466 g/mol. The lowest BCUT2D eigenvalue weighted by Gasteiger charge is -2.23. The summed E-state index contributed by atoms with van der Waals surface area (Å²) in [5.74, 6) is -0.602. The number of hydrogen-bond acceptors (Lipinski definition) is 8. The van der Waals surface area contributed by atoms with Crippen LogP contribution in [0.4, 0.5) is 5.69 Å². The first-order valence-corrected chi connectivity index (χ1v) is 12.6. The van der Waals surface area contributed by atoms with Gasteiger partial charge in [0, 0.05) is 23.7 Å². The zero-order valence-corrected chi connectivity index (χ0v) is 20.5. The first-order chi connectivity index (χ1) is 17.0. The average Bonchev–Trinajstić information content (AvgIpc) is 3.63. The summed E-state index contributed by atoms with van der Waals surface area (Å²) in [6.07, 6.45) is 4.18. The van der Waals surface area contributed by atoms with E-state index in [-0.39, 0.29) is 23.7 Å². The average molecular weight is 494 g/mol. The third-order valence-electron chi connectivity index (χ3n) is 6.50. The molecule has 0 aliphatic carbocycles. The summed E-state index contributed by atoms with van der Waals surface area (Å²) in [4.78, 5) is 28.6. The number of nitrogens with zero attached hydrogens (tertiary/aromatic N) is 4. The lowest BCUT2D eigenvalue weighted by Crippen LogP contribution is -2.39. The summed E-state index contributed by atoms with van der Waals surface area (Å²) < 4.78 is 11.9. The Bertz CT molecular complexity index is 1230. The van der Waals surface area contributed by atoms with Crippen molar-refractivity contribution in [3.8, 4) is 0 Å². The van der Waals surface area contributed by atoms with E-state index in [1.807, 2.05) is 24.5 Å². The number of thioether (sulfide) groups is 1. The second-order valence-electron chi connectivity index (χ2n) is 8.72. The van der Waals surface area contributed by atoms with E-state index in [9.17, 15) is 9.59 Å². The standard InChI is InChI=1S/C25H27N5O4S/c1-33-25(32)22-13-30(28-27-22)20-10-23(29(12-20)11-16-3-7-21(35-2)8-4-16)24(31)26-19-6-5-17-14-34-15-18(17)9-19/h3-9,13,20,23H,10-12,14-15H2,1-2H3,(H,26,31)/t20-,23+/m1/s1. The number of amides is 1. The molecule has 2 aromatic carbocycles. The van der Waals surface area contributed by atoms with E-state index in [1.165, 1.54) is 12.0 Å². The van der Waals surface area contributed by atoms with Crippen molar-refractivity contribution in [2.75, 3.05) is 25.2 Å². The highest BCUT2D eigenvalue weighted by Crippen LogP contribution is 2.31. The Morgan fingerprint density at radius 2 is 1.97 bits per heavy atom. The van der Waals surface area contributed by atoms with Crippen LogP contribution >= 0.6 is 11.8 Å². The van der Waals surface area contributed by atoms with Crippen LogP contribution in [0.1, 0.15) is 39.6 Å². The summed E-state index contributed by atoms with van der Waals surface area (Å²) in [6.45, 7) is 2.41. The molecule has 10 heteroatoms. The number of likely N-dealkylation sites (tertiary alicyclic amines) is 1. The molecular formula is C25H27N5O4S. The molecule has 0 bridgehead atoms. The first kappa shape index (κ1) is 23.5. The maximum Gasteiger partial charge on any atom is 0.360 e. The minimum absolute atomic E-state index is 0.0691. The van der Waals surface area contributed by atoms with Gasteiger partial charge in [-0.2, -0.15) is 0 Å². The van der Waals surface area contributed by atoms with Gasteiger partial charge in [0.05, 0.1) is 38.6 Å². The van der Waals surface area contributed by atoms with Gasteiger partial charge in [-0.3, -0.25) is 9.69 Å². The molecule has 1 aromatic heterocycles. The van der Waals surface area contributed by atoms with E-state index in [0.29, 0.717) is 32.7 Å². The molecule has 1 saturated heterocycles. The largest absolute Gasteiger partial charge is 0.464 e. The number of hydrogen-bond donors (Lipinski definition) is 1. The normalized spacial score (nSPS) is 19.5. The summed E-state index contributed by atoms with van der Waals surface area (Å²) in [5.41, 5.74) is 4.31. The van der Waals surface area contributed by atoms with Crippen LogP contribution in [0, 0.1) is 0 Å². The van der Waals surface area contributed by atoms with E-state index < -0.39 is 5.97 Å². The molecule has 3 aromatic rings. The lowest BCUT2D eigenvalue weighted by atomic mass is 10.1. The fraction of sp³-hybridized carbons (Fsp3) is 0.360. The first-order valence-electron chi connectivity index (χ1n) is 11.4. The van der Waals surface area contributed by atoms with Crippen molar-refractivity contribution >= 4 is 29.3 Å². The summed E-state index contributed by atoms with van der Waals surface area (Å²) in [7, 11) is 1.31. The van der Waals surface area contributed by atoms with Gasteiger partial charge in [0.2, 0.25) is 5.91 Å². The SMILES string of the molecule is COC(=O)c1cn([C@@H]2C[C@@H](C(=O)Nc3ccc4c(c3)COC4)N(Cc3ccc(SC)cc3)C2)nn1. The van der Waals surface area contributed by atoms with Gasteiger partial charge in [0.15, 0.2) is 5.69 Å². The molecule has 2 aliphatic heterocycles. The van der Waals surface area contributed by atoms with Crippen molar-refractivity contribution in [3.05, 3.63) is 71.0 Å². The van der Waals surface area contributed by atoms with Gasteiger partial charge in [0.1, 0.15) is 0 Å². The quantitative estimate of drug-likeness (QED) is 0.396. The zero-order valence-electron chi connectivity index (χ0n) is 19.6. The third kappa shape index (κ3) is 5.09.